The maximum atomic E-state index is 5.86. The lowest BCUT2D eigenvalue weighted by atomic mass is 9.94. The number of halogens is 1. The lowest BCUT2D eigenvalue weighted by molar-refractivity contribution is 0.381. The molecule has 1 aliphatic rings. The van der Waals surface area contributed by atoms with Gasteiger partial charge in [-0.2, -0.15) is 0 Å². The third-order valence-corrected chi connectivity index (χ3v) is 4.64. The largest absolute Gasteiger partial charge is 0.443 e. The van der Waals surface area contributed by atoms with Crippen molar-refractivity contribution in [2.75, 3.05) is 19.6 Å². The van der Waals surface area contributed by atoms with Gasteiger partial charge in [-0.25, -0.2) is 9.98 Å². The standard InChI is InChI=1S/C22H30N4O.HI/c1-5-23-21(25-16-20-24-15-19(27-20)22(2,3)4)26-13-11-18(12-14-26)17-9-7-6-8-10-17;/h6-11,15H,5,12-14,16H2,1-4H3,(H,23,25);1H. The second-order valence-corrected chi connectivity index (χ2v) is 7.83. The van der Waals surface area contributed by atoms with Crippen LogP contribution in [0.5, 0.6) is 0 Å². The van der Waals surface area contributed by atoms with Crippen LogP contribution >= 0.6 is 24.0 Å². The molecule has 0 atom stereocenters. The van der Waals surface area contributed by atoms with Gasteiger partial charge in [-0.1, -0.05) is 57.2 Å². The van der Waals surface area contributed by atoms with Gasteiger partial charge in [0.1, 0.15) is 12.3 Å². The molecule has 28 heavy (non-hydrogen) atoms. The molecule has 0 fully saturated rings. The number of nitrogens with zero attached hydrogens (tertiary/aromatic N) is 3. The average molecular weight is 494 g/mol. The molecule has 1 aromatic heterocycles. The van der Waals surface area contributed by atoms with E-state index >= 15 is 0 Å². The van der Waals surface area contributed by atoms with Crippen LogP contribution < -0.4 is 5.32 Å². The van der Waals surface area contributed by atoms with Gasteiger partial charge in [0, 0.05) is 25.0 Å². The fraction of sp³-hybridized carbons (Fsp3) is 0.455. The molecule has 0 saturated heterocycles. The molecule has 0 spiro atoms. The lowest BCUT2D eigenvalue weighted by Gasteiger charge is -2.29. The Kier molecular flexibility index (Phi) is 8.10. The van der Waals surface area contributed by atoms with Gasteiger partial charge in [0.2, 0.25) is 5.89 Å². The number of nitrogens with one attached hydrogen (secondary N) is 1. The maximum absolute atomic E-state index is 5.86. The monoisotopic (exact) mass is 494 g/mol. The smallest absolute Gasteiger partial charge is 0.216 e. The number of benzene rings is 1. The van der Waals surface area contributed by atoms with Gasteiger partial charge in [0.05, 0.1) is 6.20 Å². The topological polar surface area (TPSA) is 53.7 Å². The second-order valence-electron chi connectivity index (χ2n) is 7.83. The van der Waals surface area contributed by atoms with Crippen LogP contribution in [-0.4, -0.2) is 35.5 Å². The minimum absolute atomic E-state index is 0. The first-order valence-electron chi connectivity index (χ1n) is 9.70. The Morgan fingerprint density at radius 3 is 2.57 bits per heavy atom. The van der Waals surface area contributed by atoms with Crippen LogP contribution in [0.3, 0.4) is 0 Å². The van der Waals surface area contributed by atoms with Crippen LogP contribution in [0, 0.1) is 0 Å². The van der Waals surface area contributed by atoms with E-state index in [4.69, 9.17) is 9.41 Å². The number of oxazole rings is 1. The van der Waals surface area contributed by atoms with E-state index in [1.165, 1.54) is 11.1 Å². The quantitative estimate of drug-likeness (QED) is 0.376. The van der Waals surface area contributed by atoms with Crippen LogP contribution in [0.15, 0.2) is 52.0 Å². The molecule has 0 bridgehead atoms. The predicted molar refractivity (Wildman–Crippen MR) is 126 cm³/mol. The van der Waals surface area contributed by atoms with Gasteiger partial charge in [-0.15, -0.1) is 24.0 Å². The van der Waals surface area contributed by atoms with Gasteiger partial charge >= 0.3 is 0 Å². The van der Waals surface area contributed by atoms with Gasteiger partial charge in [-0.3, -0.25) is 0 Å². The second kappa shape index (κ2) is 10.1. The number of hydrogen-bond donors (Lipinski definition) is 1. The number of hydrogen-bond acceptors (Lipinski definition) is 3. The SMILES string of the molecule is CCNC(=NCc1ncc(C(C)(C)C)o1)N1CC=C(c2ccccc2)CC1.I. The third kappa shape index (κ3) is 5.83. The molecule has 0 saturated carbocycles. The molecule has 0 amide bonds. The maximum Gasteiger partial charge on any atom is 0.216 e. The minimum atomic E-state index is -0.0367. The highest BCUT2D eigenvalue weighted by Crippen LogP contribution is 2.24. The summed E-state index contributed by atoms with van der Waals surface area (Å²) in [4.78, 5) is 11.4. The van der Waals surface area contributed by atoms with E-state index in [0.29, 0.717) is 12.4 Å². The normalized spacial score (nSPS) is 15.1. The molecular weight excluding hydrogens is 463 g/mol. The Hall–Kier alpha value is -1.83. The summed E-state index contributed by atoms with van der Waals surface area (Å²) in [5, 5.41) is 3.39. The van der Waals surface area contributed by atoms with E-state index in [-0.39, 0.29) is 29.4 Å². The van der Waals surface area contributed by atoms with Crippen LogP contribution in [0.1, 0.15) is 51.3 Å². The van der Waals surface area contributed by atoms with Crippen molar-refractivity contribution in [2.24, 2.45) is 4.99 Å². The van der Waals surface area contributed by atoms with Gasteiger partial charge in [-0.05, 0) is 24.5 Å². The first-order valence-corrected chi connectivity index (χ1v) is 9.70. The molecule has 1 aliphatic heterocycles. The first-order chi connectivity index (χ1) is 13.0. The number of aliphatic imine (C=N–C) groups is 1. The summed E-state index contributed by atoms with van der Waals surface area (Å²) in [5.41, 5.74) is 2.68. The fourth-order valence-electron chi connectivity index (χ4n) is 3.07. The van der Waals surface area contributed by atoms with E-state index in [0.717, 1.165) is 37.8 Å². The third-order valence-electron chi connectivity index (χ3n) is 4.64. The van der Waals surface area contributed by atoms with Crippen molar-refractivity contribution in [3.63, 3.8) is 0 Å². The number of aromatic nitrogens is 1. The summed E-state index contributed by atoms with van der Waals surface area (Å²) in [5.74, 6) is 2.47. The Morgan fingerprint density at radius 1 is 1.25 bits per heavy atom. The van der Waals surface area contributed by atoms with Crippen molar-refractivity contribution in [3.05, 3.63) is 59.8 Å². The van der Waals surface area contributed by atoms with Crippen molar-refractivity contribution in [1.82, 2.24) is 15.2 Å². The Labute approximate surface area is 185 Å². The van der Waals surface area contributed by atoms with Crippen molar-refractivity contribution >= 4 is 35.5 Å². The lowest BCUT2D eigenvalue weighted by Crippen LogP contribution is -2.43. The molecule has 0 radical (unpaired) electrons. The van der Waals surface area contributed by atoms with Crippen molar-refractivity contribution < 1.29 is 4.42 Å². The summed E-state index contributed by atoms with van der Waals surface area (Å²) in [6.07, 6.45) is 5.13. The summed E-state index contributed by atoms with van der Waals surface area (Å²) in [6.45, 7) is 11.5. The van der Waals surface area contributed by atoms with Crippen molar-refractivity contribution in [2.45, 2.75) is 46.1 Å². The number of rotatable bonds is 4. The zero-order valence-corrected chi connectivity index (χ0v) is 19.6. The molecule has 0 unspecified atom stereocenters. The van der Waals surface area contributed by atoms with E-state index in [1.807, 2.05) is 6.20 Å². The van der Waals surface area contributed by atoms with E-state index in [2.05, 4.69) is 79.3 Å². The van der Waals surface area contributed by atoms with E-state index < -0.39 is 0 Å². The highest BCUT2D eigenvalue weighted by atomic mass is 127. The molecule has 2 aromatic rings. The molecular formula is C22H31IN4O. The van der Waals surface area contributed by atoms with E-state index in [1.54, 1.807) is 0 Å². The van der Waals surface area contributed by atoms with Crippen LogP contribution in [0.2, 0.25) is 0 Å². The molecule has 0 aliphatic carbocycles. The van der Waals surface area contributed by atoms with Crippen molar-refractivity contribution in [1.29, 1.82) is 0 Å². The molecule has 152 valence electrons. The number of guanidine groups is 1. The van der Waals surface area contributed by atoms with Gasteiger partial charge in [0.25, 0.3) is 0 Å². The summed E-state index contributed by atoms with van der Waals surface area (Å²) < 4.78 is 5.86. The zero-order chi connectivity index (χ0) is 19.3. The molecule has 5 nitrogen and oxygen atoms in total. The highest BCUT2D eigenvalue weighted by molar-refractivity contribution is 14.0. The van der Waals surface area contributed by atoms with Gasteiger partial charge < -0.3 is 14.6 Å². The van der Waals surface area contributed by atoms with Crippen molar-refractivity contribution in [3.8, 4) is 0 Å². The molecule has 2 heterocycles. The van der Waals surface area contributed by atoms with Crippen LogP contribution in [-0.2, 0) is 12.0 Å². The Balaban J connectivity index is 0.00000280. The first kappa shape index (κ1) is 22.5. The van der Waals surface area contributed by atoms with Crippen LogP contribution in [0.4, 0.5) is 0 Å². The minimum Gasteiger partial charge on any atom is -0.443 e. The van der Waals surface area contributed by atoms with Crippen LogP contribution in [0.25, 0.3) is 5.57 Å². The fourth-order valence-corrected chi connectivity index (χ4v) is 3.07. The molecule has 6 heteroatoms. The molecule has 3 rings (SSSR count). The van der Waals surface area contributed by atoms with E-state index in [9.17, 15) is 0 Å². The Morgan fingerprint density at radius 2 is 2.00 bits per heavy atom. The zero-order valence-electron chi connectivity index (χ0n) is 17.2. The molecule has 1 N–H and O–H groups in total. The summed E-state index contributed by atoms with van der Waals surface area (Å²) >= 11 is 0. The average Bonchev–Trinajstić information content (AvgIpc) is 3.16. The summed E-state index contributed by atoms with van der Waals surface area (Å²) in [7, 11) is 0. The van der Waals surface area contributed by atoms with Gasteiger partial charge in [0.15, 0.2) is 5.96 Å². The Bertz CT molecular complexity index is 805. The highest BCUT2D eigenvalue weighted by Gasteiger charge is 2.20. The summed E-state index contributed by atoms with van der Waals surface area (Å²) in [6, 6.07) is 10.6. The predicted octanol–water partition coefficient (Wildman–Crippen LogP) is 4.84. The molecule has 1 aromatic carbocycles.